The highest BCUT2D eigenvalue weighted by Gasteiger charge is 2.21. The van der Waals surface area contributed by atoms with Gasteiger partial charge in [0.2, 0.25) is 0 Å². The smallest absolute Gasteiger partial charge is 0.271 e. The molecule has 0 spiro atoms. The minimum absolute atomic E-state index is 0.0138. The lowest BCUT2D eigenvalue weighted by Crippen LogP contribution is -2.41. The first-order valence-electron chi connectivity index (χ1n) is 6.40. The molecule has 0 aliphatic heterocycles. The summed E-state index contributed by atoms with van der Waals surface area (Å²) in [5.74, 6) is -0.176. The summed E-state index contributed by atoms with van der Waals surface area (Å²) in [7, 11) is 0. The van der Waals surface area contributed by atoms with Crippen molar-refractivity contribution in [2.75, 3.05) is 6.54 Å². The van der Waals surface area contributed by atoms with Crippen LogP contribution in [0.4, 0.5) is 5.69 Å². The van der Waals surface area contributed by atoms with Gasteiger partial charge in [0.25, 0.3) is 11.6 Å². The molecule has 1 unspecified atom stereocenters. The molecule has 0 aromatic heterocycles. The molecule has 0 aliphatic carbocycles. The van der Waals surface area contributed by atoms with Crippen molar-refractivity contribution in [3.8, 4) is 0 Å². The minimum atomic E-state index is -0.631. The van der Waals surface area contributed by atoms with Crippen LogP contribution in [0.3, 0.4) is 0 Å². The maximum atomic E-state index is 12.2. The SMILES string of the molecule is CC(C)CC(CN)NC(=O)c1cc([N+](=O)[O-])cc(Cl)c1Cl. The van der Waals surface area contributed by atoms with Gasteiger partial charge < -0.3 is 11.1 Å². The van der Waals surface area contributed by atoms with Gasteiger partial charge >= 0.3 is 0 Å². The first-order valence-corrected chi connectivity index (χ1v) is 7.16. The molecule has 1 aromatic rings. The predicted molar refractivity (Wildman–Crippen MR) is 82.9 cm³/mol. The molecule has 1 aromatic carbocycles. The molecule has 0 radical (unpaired) electrons. The zero-order valence-electron chi connectivity index (χ0n) is 11.7. The number of nitro benzene ring substituents is 1. The average Bonchev–Trinajstić information content (AvgIpc) is 2.39. The molecular weight excluding hydrogens is 317 g/mol. The van der Waals surface area contributed by atoms with Crippen molar-refractivity contribution in [3.05, 3.63) is 37.9 Å². The van der Waals surface area contributed by atoms with E-state index in [4.69, 9.17) is 28.9 Å². The molecule has 8 heteroatoms. The van der Waals surface area contributed by atoms with Crippen molar-refractivity contribution in [1.29, 1.82) is 0 Å². The number of benzene rings is 1. The van der Waals surface area contributed by atoms with Gasteiger partial charge in [-0.2, -0.15) is 0 Å². The molecule has 0 saturated carbocycles. The maximum Gasteiger partial charge on any atom is 0.271 e. The van der Waals surface area contributed by atoms with Crippen molar-refractivity contribution in [2.45, 2.75) is 26.3 Å². The van der Waals surface area contributed by atoms with Crippen LogP contribution >= 0.6 is 23.2 Å². The van der Waals surface area contributed by atoms with E-state index >= 15 is 0 Å². The number of nitrogens with zero attached hydrogens (tertiary/aromatic N) is 1. The number of nitrogens with one attached hydrogen (secondary N) is 1. The number of non-ortho nitro benzene ring substituents is 1. The van der Waals surface area contributed by atoms with E-state index in [2.05, 4.69) is 5.32 Å². The van der Waals surface area contributed by atoms with Crippen LogP contribution in [0.5, 0.6) is 0 Å². The molecule has 6 nitrogen and oxygen atoms in total. The van der Waals surface area contributed by atoms with Crippen molar-refractivity contribution < 1.29 is 9.72 Å². The van der Waals surface area contributed by atoms with Gasteiger partial charge in [0.05, 0.1) is 20.5 Å². The van der Waals surface area contributed by atoms with Crippen LogP contribution in [0.2, 0.25) is 10.0 Å². The van der Waals surface area contributed by atoms with Gasteiger partial charge in [-0.3, -0.25) is 14.9 Å². The lowest BCUT2D eigenvalue weighted by Gasteiger charge is -2.19. The monoisotopic (exact) mass is 333 g/mol. The first kappa shape index (κ1) is 17.7. The fourth-order valence-corrected chi connectivity index (χ4v) is 2.30. The Labute approximate surface area is 132 Å². The number of carbonyl (C=O) groups excluding carboxylic acids is 1. The topological polar surface area (TPSA) is 98.3 Å². The number of rotatable bonds is 6. The zero-order chi connectivity index (χ0) is 16.2. The Kier molecular flexibility index (Phi) is 6.39. The maximum absolute atomic E-state index is 12.2. The van der Waals surface area contributed by atoms with Gasteiger partial charge in [0.15, 0.2) is 0 Å². The van der Waals surface area contributed by atoms with Gasteiger partial charge in [0.1, 0.15) is 0 Å². The van der Waals surface area contributed by atoms with Gasteiger partial charge in [-0.25, -0.2) is 0 Å². The van der Waals surface area contributed by atoms with Crippen LogP contribution in [0.15, 0.2) is 12.1 Å². The van der Waals surface area contributed by atoms with E-state index in [1.165, 1.54) is 0 Å². The highest BCUT2D eigenvalue weighted by Crippen LogP contribution is 2.30. The minimum Gasteiger partial charge on any atom is -0.348 e. The number of amides is 1. The summed E-state index contributed by atoms with van der Waals surface area (Å²) in [5, 5.41) is 13.5. The molecule has 21 heavy (non-hydrogen) atoms. The number of hydrogen-bond donors (Lipinski definition) is 2. The lowest BCUT2D eigenvalue weighted by atomic mass is 10.0. The largest absolute Gasteiger partial charge is 0.348 e. The number of nitro groups is 1. The van der Waals surface area contributed by atoms with E-state index in [1.807, 2.05) is 13.8 Å². The average molecular weight is 334 g/mol. The predicted octanol–water partition coefficient (Wildman–Crippen LogP) is 3.00. The molecule has 0 saturated heterocycles. The lowest BCUT2D eigenvalue weighted by molar-refractivity contribution is -0.384. The van der Waals surface area contributed by atoms with E-state index in [1.54, 1.807) is 0 Å². The highest BCUT2D eigenvalue weighted by atomic mass is 35.5. The van der Waals surface area contributed by atoms with E-state index < -0.39 is 10.8 Å². The summed E-state index contributed by atoms with van der Waals surface area (Å²) in [4.78, 5) is 22.4. The first-order chi connectivity index (χ1) is 9.76. The van der Waals surface area contributed by atoms with Gasteiger partial charge in [-0.15, -0.1) is 0 Å². The van der Waals surface area contributed by atoms with Gasteiger partial charge in [0, 0.05) is 24.7 Å². The second-order valence-corrected chi connectivity index (χ2v) is 5.87. The number of hydrogen-bond acceptors (Lipinski definition) is 4. The quantitative estimate of drug-likeness (QED) is 0.617. The zero-order valence-corrected chi connectivity index (χ0v) is 13.2. The number of nitrogens with two attached hydrogens (primary N) is 1. The fraction of sp³-hybridized carbons (Fsp3) is 0.462. The Bertz CT molecular complexity index is 550. The van der Waals surface area contributed by atoms with E-state index in [-0.39, 0.29) is 33.9 Å². The Balaban J connectivity index is 3.03. The molecule has 116 valence electrons. The third kappa shape index (κ3) is 4.84. The summed E-state index contributed by atoms with van der Waals surface area (Å²) in [6.07, 6.45) is 0.697. The third-order valence-electron chi connectivity index (χ3n) is 2.84. The Hall–Kier alpha value is -1.37. The summed E-state index contributed by atoms with van der Waals surface area (Å²) in [5.41, 5.74) is 5.29. The second kappa shape index (κ2) is 7.59. The summed E-state index contributed by atoms with van der Waals surface area (Å²) in [6, 6.07) is 1.98. The standard InChI is InChI=1S/C13H17Cl2N3O3/c1-7(2)3-8(6-16)17-13(19)10-4-9(18(20)21)5-11(14)12(10)15/h4-5,7-8H,3,6,16H2,1-2H3,(H,17,19). The molecule has 1 amide bonds. The van der Waals surface area contributed by atoms with E-state index in [0.29, 0.717) is 12.3 Å². The van der Waals surface area contributed by atoms with Crippen LogP contribution < -0.4 is 11.1 Å². The Morgan fingerprint density at radius 3 is 2.52 bits per heavy atom. The normalized spacial score (nSPS) is 12.3. The van der Waals surface area contributed by atoms with Crippen LogP contribution in [0.1, 0.15) is 30.6 Å². The Morgan fingerprint density at radius 2 is 2.05 bits per heavy atom. The van der Waals surface area contributed by atoms with Crippen molar-refractivity contribution >= 4 is 34.8 Å². The third-order valence-corrected chi connectivity index (χ3v) is 3.65. The summed E-state index contributed by atoms with van der Waals surface area (Å²) in [6.45, 7) is 4.28. The number of carbonyl (C=O) groups is 1. The summed E-state index contributed by atoms with van der Waals surface area (Å²) < 4.78 is 0. The molecule has 1 atom stereocenters. The Morgan fingerprint density at radius 1 is 1.43 bits per heavy atom. The van der Waals surface area contributed by atoms with Gasteiger partial charge in [-0.1, -0.05) is 37.0 Å². The number of halogens is 2. The second-order valence-electron chi connectivity index (χ2n) is 5.08. The molecule has 0 heterocycles. The molecule has 0 bridgehead atoms. The molecule has 0 fully saturated rings. The van der Waals surface area contributed by atoms with E-state index in [9.17, 15) is 14.9 Å². The molecule has 0 aliphatic rings. The van der Waals surface area contributed by atoms with E-state index in [0.717, 1.165) is 12.1 Å². The molecule has 3 N–H and O–H groups in total. The van der Waals surface area contributed by atoms with Crippen LogP contribution in [0.25, 0.3) is 0 Å². The molecular formula is C13H17Cl2N3O3. The van der Waals surface area contributed by atoms with Crippen LogP contribution in [-0.2, 0) is 0 Å². The highest BCUT2D eigenvalue weighted by molar-refractivity contribution is 6.44. The van der Waals surface area contributed by atoms with Crippen molar-refractivity contribution in [1.82, 2.24) is 5.32 Å². The van der Waals surface area contributed by atoms with Gasteiger partial charge in [-0.05, 0) is 12.3 Å². The molecule has 1 rings (SSSR count). The van der Waals surface area contributed by atoms with Crippen LogP contribution in [-0.4, -0.2) is 23.4 Å². The fourth-order valence-electron chi connectivity index (χ4n) is 1.89. The van der Waals surface area contributed by atoms with Crippen molar-refractivity contribution in [2.24, 2.45) is 11.7 Å². The summed E-state index contributed by atoms with van der Waals surface area (Å²) >= 11 is 11.8. The van der Waals surface area contributed by atoms with Crippen LogP contribution in [0, 0.1) is 16.0 Å². The van der Waals surface area contributed by atoms with Crippen molar-refractivity contribution in [3.63, 3.8) is 0 Å².